The van der Waals surface area contributed by atoms with Crippen molar-refractivity contribution in [3.05, 3.63) is 82.5 Å². The van der Waals surface area contributed by atoms with Crippen LogP contribution in [-0.2, 0) is 10.0 Å². The Bertz CT molecular complexity index is 1400. The highest BCUT2D eigenvalue weighted by molar-refractivity contribution is 7.92. The largest absolute Gasteiger partial charge is 0.360 e. The van der Waals surface area contributed by atoms with E-state index in [0.29, 0.717) is 22.8 Å². The smallest absolute Gasteiger partial charge is 0.299 e. The van der Waals surface area contributed by atoms with E-state index in [2.05, 4.69) is 25.2 Å². The van der Waals surface area contributed by atoms with Gasteiger partial charge < -0.3 is 4.52 Å². The number of nitrogens with zero attached hydrogens (tertiary/aromatic N) is 4. The van der Waals surface area contributed by atoms with Crippen molar-refractivity contribution in [3.8, 4) is 5.69 Å². The molecule has 0 aliphatic heterocycles. The average Bonchev–Trinajstić information content (AvgIpc) is 3.29. The summed E-state index contributed by atoms with van der Waals surface area (Å²) in [4.78, 5) is 12.7. The molecule has 0 aliphatic rings. The number of sulfonamides is 1. The van der Waals surface area contributed by atoms with Crippen LogP contribution in [-0.4, -0.2) is 23.4 Å². The summed E-state index contributed by atoms with van der Waals surface area (Å²) in [6.07, 6.45) is 0. The van der Waals surface area contributed by atoms with Gasteiger partial charge in [-0.05, 0) is 50.2 Å². The number of aromatic amines is 1. The van der Waals surface area contributed by atoms with Crippen molar-refractivity contribution in [1.82, 2.24) is 14.9 Å². The van der Waals surface area contributed by atoms with Crippen molar-refractivity contribution in [2.24, 2.45) is 10.2 Å². The first-order chi connectivity index (χ1) is 14.8. The molecule has 4 aromatic rings. The number of hydrogen-bond donors (Lipinski definition) is 2. The van der Waals surface area contributed by atoms with Crippen molar-refractivity contribution in [3.63, 3.8) is 0 Å². The molecule has 2 N–H and O–H groups in total. The summed E-state index contributed by atoms with van der Waals surface area (Å²) in [6, 6.07) is 16.3. The van der Waals surface area contributed by atoms with E-state index in [1.54, 1.807) is 26.0 Å². The average molecular weight is 438 g/mol. The van der Waals surface area contributed by atoms with Crippen LogP contribution in [0.2, 0.25) is 0 Å². The first-order valence-electron chi connectivity index (χ1n) is 9.18. The molecular weight excluding hydrogens is 420 g/mol. The molecule has 0 unspecified atom stereocenters. The molecule has 10 nitrogen and oxygen atoms in total. The van der Waals surface area contributed by atoms with Gasteiger partial charge in [-0.25, -0.2) is 13.1 Å². The minimum Gasteiger partial charge on any atom is -0.360 e. The van der Waals surface area contributed by atoms with E-state index in [9.17, 15) is 13.2 Å². The summed E-state index contributed by atoms with van der Waals surface area (Å²) in [5.41, 5.74) is 1.47. The van der Waals surface area contributed by atoms with E-state index in [-0.39, 0.29) is 22.0 Å². The Labute approximate surface area is 177 Å². The van der Waals surface area contributed by atoms with Crippen molar-refractivity contribution in [2.75, 3.05) is 4.72 Å². The van der Waals surface area contributed by atoms with Gasteiger partial charge in [0.15, 0.2) is 11.5 Å². The molecule has 2 aromatic heterocycles. The fourth-order valence-electron chi connectivity index (χ4n) is 2.83. The lowest BCUT2D eigenvalue weighted by Gasteiger charge is -2.04. The summed E-state index contributed by atoms with van der Waals surface area (Å²) < 4.78 is 33.4. The maximum Gasteiger partial charge on any atom is 0.299 e. The van der Waals surface area contributed by atoms with Crippen molar-refractivity contribution in [1.29, 1.82) is 0 Å². The van der Waals surface area contributed by atoms with Gasteiger partial charge >= 0.3 is 0 Å². The third-order valence-electron chi connectivity index (χ3n) is 4.33. The lowest BCUT2D eigenvalue weighted by Crippen LogP contribution is -2.13. The number of aryl methyl sites for hydroxylation is 2. The van der Waals surface area contributed by atoms with E-state index in [1.165, 1.54) is 35.0 Å². The van der Waals surface area contributed by atoms with Crippen LogP contribution < -0.4 is 10.3 Å². The van der Waals surface area contributed by atoms with Crippen LogP contribution in [0.3, 0.4) is 0 Å². The van der Waals surface area contributed by atoms with Crippen LogP contribution >= 0.6 is 0 Å². The Morgan fingerprint density at radius 1 is 1.03 bits per heavy atom. The Morgan fingerprint density at radius 3 is 2.39 bits per heavy atom. The third kappa shape index (κ3) is 4.31. The van der Waals surface area contributed by atoms with E-state index < -0.39 is 10.0 Å². The molecule has 0 amide bonds. The lowest BCUT2D eigenvalue weighted by molar-refractivity contribution is 0.400. The standard InChI is InChI=1S/C20H18N6O4S/c1-13-12-18(24-30-13)25-31(28,29)17-10-8-15(9-11-17)21-22-19-14(2)23-26(20(19)27)16-6-4-3-5-7-16/h3-12,23H,1-2H3,(H,24,25). The molecule has 0 spiro atoms. The normalized spacial score (nSPS) is 11.8. The number of rotatable bonds is 6. The van der Waals surface area contributed by atoms with Crippen LogP contribution in [0.4, 0.5) is 17.2 Å². The zero-order chi connectivity index (χ0) is 22.0. The minimum atomic E-state index is -3.83. The van der Waals surface area contributed by atoms with Crippen molar-refractivity contribution < 1.29 is 12.9 Å². The number of para-hydroxylation sites is 1. The number of aromatic nitrogens is 3. The van der Waals surface area contributed by atoms with Gasteiger partial charge in [0.2, 0.25) is 0 Å². The quantitative estimate of drug-likeness (QED) is 0.439. The highest BCUT2D eigenvalue weighted by Gasteiger charge is 2.16. The molecule has 158 valence electrons. The highest BCUT2D eigenvalue weighted by Crippen LogP contribution is 2.22. The molecule has 4 rings (SSSR count). The molecule has 0 aliphatic carbocycles. The predicted molar refractivity (Wildman–Crippen MR) is 114 cm³/mol. The zero-order valence-electron chi connectivity index (χ0n) is 16.6. The molecule has 11 heteroatoms. The molecule has 0 atom stereocenters. The van der Waals surface area contributed by atoms with Gasteiger partial charge in [0.1, 0.15) is 5.76 Å². The predicted octanol–water partition coefficient (Wildman–Crippen LogP) is 3.99. The lowest BCUT2D eigenvalue weighted by atomic mass is 10.3. The summed E-state index contributed by atoms with van der Waals surface area (Å²) >= 11 is 0. The Kier molecular flexibility index (Phi) is 5.26. The minimum absolute atomic E-state index is 0.0244. The van der Waals surface area contributed by atoms with Gasteiger partial charge in [-0.3, -0.25) is 14.6 Å². The first-order valence-corrected chi connectivity index (χ1v) is 10.7. The molecule has 0 saturated carbocycles. The number of nitrogens with one attached hydrogen (secondary N) is 2. The number of azo groups is 1. The van der Waals surface area contributed by atoms with Gasteiger partial charge in [-0.2, -0.15) is 5.11 Å². The van der Waals surface area contributed by atoms with Crippen LogP contribution in [0.5, 0.6) is 0 Å². The van der Waals surface area contributed by atoms with Crippen LogP contribution in [0.1, 0.15) is 11.5 Å². The number of H-pyrrole nitrogens is 1. The number of hydrogen-bond acceptors (Lipinski definition) is 7. The molecule has 0 saturated heterocycles. The van der Waals surface area contributed by atoms with Crippen LogP contribution in [0, 0.1) is 13.8 Å². The maximum atomic E-state index is 12.6. The zero-order valence-corrected chi connectivity index (χ0v) is 17.4. The summed E-state index contributed by atoms with van der Waals surface area (Å²) in [5, 5.41) is 14.7. The Balaban J connectivity index is 1.54. The number of anilines is 1. The SMILES string of the molecule is Cc1cc(NS(=O)(=O)c2ccc(N=Nc3c(C)[nH]n(-c4ccccc4)c3=O)cc2)no1. The number of benzene rings is 2. The van der Waals surface area contributed by atoms with E-state index in [0.717, 1.165) is 0 Å². The van der Waals surface area contributed by atoms with E-state index in [1.807, 2.05) is 18.2 Å². The van der Waals surface area contributed by atoms with Crippen molar-refractivity contribution >= 4 is 27.2 Å². The summed E-state index contributed by atoms with van der Waals surface area (Å²) in [5.74, 6) is 0.582. The van der Waals surface area contributed by atoms with Crippen LogP contribution in [0.25, 0.3) is 5.69 Å². The summed E-state index contributed by atoms with van der Waals surface area (Å²) in [6.45, 7) is 3.38. The second-order valence-electron chi connectivity index (χ2n) is 6.68. The highest BCUT2D eigenvalue weighted by atomic mass is 32.2. The maximum absolute atomic E-state index is 12.6. The Hall–Kier alpha value is -3.99. The van der Waals surface area contributed by atoms with E-state index in [4.69, 9.17) is 4.52 Å². The molecule has 0 radical (unpaired) electrons. The van der Waals surface area contributed by atoms with Gasteiger partial charge in [-0.15, -0.1) is 5.11 Å². The first kappa shape index (κ1) is 20.3. The molecule has 0 bridgehead atoms. The van der Waals surface area contributed by atoms with Crippen LogP contribution in [0.15, 0.2) is 85.1 Å². The topological polar surface area (TPSA) is 135 Å². The molecule has 2 aromatic carbocycles. The fraction of sp³-hybridized carbons (Fsp3) is 0.100. The van der Waals surface area contributed by atoms with E-state index >= 15 is 0 Å². The third-order valence-corrected chi connectivity index (χ3v) is 5.70. The monoisotopic (exact) mass is 438 g/mol. The molecule has 0 fully saturated rings. The van der Waals surface area contributed by atoms with Crippen molar-refractivity contribution in [2.45, 2.75) is 18.7 Å². The van der Waals surface area contributed by atoms with Gasteiger partial charge in [-0.1, -0.05) is 23.4 Å². The Morgan fingerprint density at radius 2 is 1.74 bits per heavy atom. The summed E-state index contributed by atoms with van der Waals surface area (Å²) in [7, 11) is -3.83. The molecule has 31 heavy (non-hydrogen) atoms. The molecular formula is C20H18N6O4S. The van der Waals surface area contributed by atoms with Gasteiger partial charge in [0, 0.05) is 6.07 Å². The van der Waals surface area contributed by atoms with Gasteiger partial charge in [0.25, 0.3) is 15.6 Å². The molecule has 2 heterocycles. The second kappa shape index (κ2) is 8.03. The van der Waals surface area contributed by atoms with Gasteiger partial charge in [0.05, 0.1) is 22.0 Å². The fourth-order valence-corrected chi connectivity index (χ4v) is 3.81. The second-order valence-corrected chi connectivity index (χ2v) is 8.37.